The van der Waals surface area contributed by atoms with Gasteiger partial charge in [0, 0.05) is 30.3 Å². The minimum Gasteiger partial charge on any atom is -0.395 e. The third-order valence-corrected chi connectivity index (χ3v) is 7.57. The fourth-order valence-electron chi connectivity index (χ4n) is 4.63. The van der Waals surface area contributed by atoms with Gasteiger partial charge in [-0.15, -0.1) is 0 Å². The number of fused-ring (bicyclic) bond motifs is 2. The van der Waals surface area contributed by atoms with Crippen molar-refractivity contribution in [2.24, 2.45) is 16.6 Å². The van der Waals surface area contributed by atoms with Crippen LogP contribution in [0.3, 0.4) is 0 Å². The van der Waals surface area contributed by atoms with Crippen LogP contribution in [-0.2, 0) is 12.0 Å². The number of nitrogens with two attached hydrogens (primary N) is 1. The molecule has 160 valence electrons. The first-order valence-electron chi connectivity index (χ1n) is 9.96. The van der Waals surface area contributed by atoms with Crippen molar-refractivity contribution in [3.8, 4) is 0 Å². The standard InChI is InChI=1S/C22H21F2N5OS/c1-11-9-27-19-15(28-11)3-4-26-16(19)7-12-5-13(18(24)14(23)6-12)21(2)17-8-22(17,10-30)31-20(25)29-21/h3-6,9,17,30H,7-8,10H2,1-2H3,(H2,25,29)/t17-,21+,22+/m0/s1. The molecule has 31 heavy (non-hydrogen) atoms. The molecule has 1 fully saturated rings. The molecule has 5 rings (SSSR count). The second-order valence-electron chi connectivity index (χ2n) is 8.43. The number of aliphatic imine (C=N–C) groups is 1. The number of rotatable bonds is 4. The van der Waals surface area contributed by atoms with Crippen molar-refractivity contribution in [2.75, 3.05) is 6.61 Å². The third-order valence-electron chi connectivity index (χ3n) is 6.28. The summed E-state index contributed by atoms with van der Waals surface area (Å²) in [4.78, 5) is 17.8. The Morgan fingerprint density at radius 1 is 1.29 bits per heavy atom. The summed E-state index contributed by atoms with van der Waals surface area (Å²) in [7, 11) is 0. The van der Waals surface area contributed by atoms with E-state index in [0.717, 1.165) is 5.69 Å². The molecule has 6 nitrogen and oxygen atoms in total. The molecule has 3 N–H and O–H groups in total. The Bertz CT molecular complexity index is 1250. The first-order chi connectivity index (χ1) is 14.8. The maximum Gasteiger partial charge on any atom is 0.164 e. The van der Waals surface area contributed by atoms with Crippen molar-refractivity contribution in [3.05, 3.63) is 64.7 Å². The molecule has 0 radical (unpaired) electrons. The van der Waals surface area contributed by atoms with Crippen LogP contribution in [0.2, 0.25) is 0 Å². The Hall–Kier alpha value is -2.65. The van der Waals surface area contributed by atoms with Crippen molar-refractivity contribution in [2.45, 2.75) is 37.0 Å². The summed E-state index contributed by atoms with van der Waals surface area (Å²) in [6.07, 6.45) is 4.19. The molecule has 3 atom stereocenters. The van der Waals surface area contributed by atoms with Gasteiger partial charge in [0.15, 0.2) is 16.8 Å². The van der Waals surface area contributed by atoms with Gasteiger partial charge in [-0.05, 0) is 44.0 Å². The lowest BCUT2D eigenvalue weighted by Gasteiger charge is -2.34. The van der Waals surface area contributed by atoms with Crippen molar-refractivity contribution in [1.82, 2.24) is 15.0 Å². The Kier molecular flexibility index (Phi) is 4.53. The molecule has 0 saturated heterocycles. The zero-order chi connectivity index (χ0) is 22.0. The summed E-state index contributed by atoms with van der Waals surface area (Å²) < 4.78 is 29.2. The highest BCUT2D eigenvalue weighted by Crippen LogP contribution is 2.65. The Labute approximate surface area is 182 Å². The first kappa shape index (κ1) is 20.3. The van der Waals surface area contributed by atoms with Crippen LogP contribution in [-0.4, -0.2) is 36.6 Å². The Morgan fingerprint density at radius 3 is 2.87 bits per heavy atom. The van der Waals surface area contributed by atoms with Crippen molar-refractivity contribution < 1.29 is 13.9 Å². The van der Waals surface area contributed by atoms with Crippen LogP contribution < -0.4 is 5.73 Å². The number of aliphatic hydroxyl groups excluding tert-OH is 1. The molecule has 0 bridgehead atoms. The summed E-state index contributed by atoms with van der Waals surface area (Å²) in [5.41, 5.74) is 8.40. The van der Waals surface area contributed by atoms with Crippen LogP contribution >= 0.6 is 11.8 Å². The lowest BCUT2D eigenvalue weighted by molar-refractivity contribution is 0.264. The fraction of sp³-hybridized carbons (Fsp3) is 0.364. The van der Waals surface area contributed by atoms with Crippen molar-refractivity contribution in [3.63, 3.8) is 0 Å². The topological polar surface area (TPSA) is 97.3 Å². The molecule has 1 saturated carbocycles. The zero-order valence-electron chi connectivity index (χ0n) is 17.1. The minimum atomic E-state index is -1.05. The van der Waals surface area contributed by atoms with Crippen LogP contribution in [0.4, 0.5) is 8.78 Å². The summed E-state index contributed by atoms with van der Waals surface area (Å²) in [5.74, 6) is -2.01. The molecule has 1 aliphatic carbocycles. The lowest BCUT2D eigenvalue weighted by Crippen LogP contribution is -2.37. The molecule has 0 amide bonds. The average Bonchev–Trinajstić information content (AvgIpc) is 3.46. The van der Waals surface area contributed by atoms with E-state index in [0.29, 0.717) is 28.7 Å². The van der Waals surface area contributed by atoms with E-state index in [1.807, 2.05) is 6.92 Å². The molecule has 2 aromatic heterocycles. The maximum absolute atomic E-state index is 15.0. The van der Waals surface area contributed by atoms with Crippen LogP contribution in [0.15, 0.2) is 35.6 Å². The number of thioether (sulfide) groups is 1. The predicted molar refractivity (Wildman–Crippen MR) is 116 cm³/mol. The Morgan fingerprint density at radius 2 is 2.10 bits per heavy atom. The number of aromatic nitrogens is 3. The van der Waals surface area contributed by atoms with E-state index in [-0.39, 0.29) is 29.7 Å². The van der Waals surface area contributed by atoms with Gasteiger partial charge in [-0.2, -0.15) is 0 Å². The number of aryl methyl sites for hydroxylation is 1. The van der Waals surface area contributed by atoms with Crippen molar-refractivity contribution in [1.29, 1.82) is 0 Å². The van der Waals surface area contributed by atoms with E-state index in [1.165, 1.54) is 17.8 Å². The van der Waals surface area contributed by atoms with Crippen LogP contribution in [0.5, 0.6) is 0 Å². The average molecular weight is 442 g/mol. The number of amidine groups is 1. The van der Waals surface area contributed by atoms with Gasteiger partial charge in [0.2, 0.25) is 0 Å². The van der Waals surface area contributed by atoms with Gasteiger partial charge in [-0.1, -0.05) is 11.8 Å². The molecule has 2 aliphatic rings. The SMILES string of the molecule is Cc1cnc2c(Cc3cc(F)c(F)c([C@@]4(C)N=C(N)S[C@@]5(CO)C[C@H]54)c3)nccc2n1. The van der Waals surface area contributed by atoms with E-state index in [4.69, 9.17) is 5.73 Å². The number of hydrogen-bond donors (Lipinski definition) is 2. The fourth-order valence-corrected chi connectivity index (χ4v) is 5.97. The van der Waals surface area contributed by atoms with Crippen LogP contribution in [0.25, 0.3) is 11.0 Å². The largest absolute Gasteiger partial charge is 0.395 e. The van der Waals surface area contributed by atoms with Gasteiger partial charge in [0.1, 0.15) is 5.52 Å². The molecule has 3 aromatic rings. The smallest absolute Gasteiger partial charge is 0.164 e. The van der Waals surface area contributed by atoms with Gasteiger partial charge < -0.3 is 10.8 Å². The van der Waals surface area contributed by atoms with Gasteiger partial charge >= 0.3 is 0 Å². The zero-order valence-corrected chi connectivity index (χ0v) is 17.9. The van der Waals surface area contributed by atoms with Crippen molar-refractivity contribution >= 4 is 28.0 Å². The second kappa shape index (κ2) is 6.93. The molecule has 9 heteroatoms. The van der Waals surface area contributed by atoms with E-state index in [1.54, 1.807) is 31.5 Å². The molecular formula is C22H21F2N5OS. The maximum atomic E-state index is 15.0. The van der Waals surface area contributed by atoms with E-state index < -0.39 is 21.9 Å². The second-order valence-corrected chi connectivity index (χ2v) is 9.87. The molecular weight excluding hydrogens is 420 g/mol. The molecule has 0 unspecified atom stereocenters. The van der Waals surface area contributed by atoms with E-state index in [2.05, 4.69) is 19.9 Å². The number of nitrogens with zero attached hydrogens (tertiary/aromatic N) is 4. The Balaban J connectivity index is 1.59. The molecule has 1 aromatic carbocycles. The quantitative estimate of drug-likeness (QED) is 0.645. The summed E-state index contributed by atoms with van der Waals surface area (Å²) in [5, 5.41) is 10.1. The number of aliphatic hydroxyl groups is 1. The first-order valence-corrected chi connectivity index (χ1v) is 10.8. The minimum absolute atomic E-state index is 0.0874. The number of hydrogen-bond acceptors (Lipinski definition) is 7. The summed E-state index contributed by atoms with van der Waals surface area (Å²) in [6.45, 7) is 3.53. The number of halogens is 2. The monoisotopic (exact) mass is 441 g/mol. The highest BCUT2D eigenvalue weighted by atomic mass is 32.2. The normalized spacial score (nSPS) is 27.1. The predicted octanol–water partition coefficient (Wildman–Crippen LogP) is 3.23. The highest BCUT2D eigenvalue weighted by Gasteiger charge is 2.66. The van der Waals surface area contributed by atoms with Crippen LogP contribution in [0.1, 0.15) is 35.9 Å². The summed E-state index contributed by atoms with van der Waals surface area (Å²) in [6, 6.07) is 4.59. The van der Waals surface area contributed by atoms with Gasteiger partial charge in [-0.3, -0.25) is 15.0 Å². The van der Waals surface area contributed by atoms with Gasteiger partial charge in [0.25, 0.3) is 0 Å². The van der Waals surface area contributed by atoms with E-state index in [9.17, 15) is 9.50 Å². The van der Waals surface area contributed by atoms with Gasteiger partial charge in [-0.25, -0.2) is 13.8 Å². The number of pyridine rings is 1. The molecule has 1 aliphatic heterocycles. The molecule has 0 spiro atoms. The van der Waals surface area contributed by atoms with Crippen LogP contribution in [0, 0.1) is 24.5 Å². The lowest BCUT2D eigenvalue weighted by atomic mass is 9.84. The van der Waals surface area contributed by atoms with Gasteiger partial charge in [0.05, 0.1) is 33.8 Å². The summed E-state index contributed by atoms with van der Waals surface area (Å²) >= 11 is 1.32. The van der Waals surface area contributed by atoms with E-state index >= 15 is 4.39 Å². The highest BCUT2D eigenvalue weighted by molar-refractivity contribution is 8.15. The third kappa shape index (κ3) is 3.18. The molecule has 3 heterocycles. The number of benzene rings is 1.